The molecule has 0 aliphatic carbocycles. The molecule has 212 valence electrons. The number of ether oxygens (including phenoxy) is 2. The fourth-order valence-electron chi connectivity index (χ4n) is 3.56. The van der Waals surface area contributed by atoms with E-state index in [1.807, 2.05) is 0 Å². The number of carbonyl (C=O) groups excluding carboxylic acids is 3. The third kappa shape index (κ3) is 32.7. The molecule has 1 atom stereocenters. The van der Waals surface area contributed by atoms with Crippen molar-refractivity contribution >= 4 is 25.7 Å². The Hall–Kier alpha value is 0.520. The molecule has 0 heterocycles. The van der Waals surface area contributed by atoms with E-state index in [0.717, 1.165) is 83.6 Å². The standard InChI is InChI=1S/C25H48NO9P.2Na/c1-3-4-5-6-11-15-18-25(29)35-23(21-34-36(30,31)32)20-33-24(28)17-14-12-9-7-8-10-13-16-19-26-22(2)27;;/h23H,3-21H2,1-2H3,(H,26,27)(H2,30,31,32);;/q;2*+1/p-2/t23-;;/m0../s1. The predicted molar refractivity (Wildman–Crippen MR) is 133 cm³/mol. The van der Waals surface area contributed by atoms with E-state index in [-0.39, 0.29) is 84.5 Å². The maximum Gasteiger partial charge on any atom is 1.00 e. The van der Waals surface area contributed by atoms with E-state index in [1.165, 1.54) is 6.92 Å². The number of unbranched alkanes of at least 4 members (excludes halogenated alkanes) is 12. The third-order valence-corrected chi connectivity index (χ3v) is 6.03. The van der Waals surface area contributed by atoms with Crippen LogP contribution in [0.5, 0.6) is 0 Å². The minimum Gasteiger partial charge on any atom is -0.790 e. The molecule has 0 radical (unpaired) electrons. The molecular weight excluding hydrogens is 535 g/mol. The Labute approximate surface area is 273 Å². The van der Waals surface area contributed by atoms with Gasteiger partial charge in [-0.25, -0.2) is 0 Å². The van der Waals surface area contributed by atoms with Crippen molar-refractivity contribution in [2.45, 2.75) is 123 Å². The van der Waals surface area contributed by atoms with Crippen LogP contribution in [0.2, 0.25) is 0 Å². The van der Waals surface area contributed by atoms with Gasteiger partial charge in [-0.15, -0.1) is 0 Å². The van der Waals surface area contributed by atoms with Crippen LogP contribution in [0.4, 0.5) is 0 Å². The Morgan fingerprint density at radius 2 is 1.21 bits per heavy atom. The molecule has 0 aromatic carbocycles. The summed E-state index contributed by atoms with van der Waals surface area (Å²) in [6, 6.07) is 0. The molecule has 0 saturated heterocycles. The van der Waals surface area contributed by atoms with E-state index in [4.69, 9.17) is 9.47 Å². The van der Waals surface area contributed by atoms with Gasteiger partial charge < -0.3 is 33.7 Å². The number of amides is 1. The summed E-state index contributed by atoms with van der Waals surface area (Å²) >= 11 is 0. The minimum atomic E-state index is -5.24. The number of phosphoric acid groups is 1. The molecule has 38 heavy (non-hydrogen) atoms. The van der Waals surface area contributed by atoms with E-state index in [0.29, 0.717) is 12.8 Å². The number of rotatable bonds is 24. The molecule has 0 spiro atoms. The zero-order valence-corrected chi connectivity index (χ0v) is 29.0. The first-order chi connectivity index (χ1) is 17.1. The quantitative estimate of drug-likeness (QED) is 0.0573. The van der Waals surface area contributed by atoms with Crippen LogP contribution in [0.15, 0.2) is 0 Å². The van der Waals surface area contributed by atoms with E-state index in [1.54, 1.807) is 0 Å². The number of nitrogens with one attached hydrogen (secondary N) is 1. The van der Waals surface area contributed by atoms with Gasteiger partial charge in [0.1, 0.15) is 6.61 Å². The summed E-state index contributed by atoms with van der Waals surface area (Å²) in [7, 11) is -5.24. The van der Waals surface area contributed by atoms with E-state index in [9.17, 15) is 28.7 Å². The van der Waals surface area contributed by atoms with Gasteiger partial charge in [0.15, 0.2) is 6.10 Å². The zero-order chi connectivity index (χ0) is 27.1. The smallest absolute Gasteiger partial charge is 0.790 e. The van der Waals surface area contributed by atoms with Crippen LogP contribution in [0, 0.1) is 0 Å². The molecule has 1 amide bonds. The van der Waals surface area contributed by atoms with Crippen LogP contribution in [0.3, 0.4) is 0 Å². The van der Waals surface area contributed by atoms with Crippen molar-refractivity contribution in [1.82, 2.24) is 5.32 Å². The SMILES string of the molecule is CCCCCCCCC(=O)O[C@@H](COC(=O)CCCCCCCCCCNC(C)=O)COP(=O)([O-])[O-].[Na+].[Na+]. The van der Waals surface area contributed by atoms with Crippen LogP contribution < -0.4 is 74.2 Å². The van der Waals surface area contributed by atoms with Crippen LogP contribution in [0.25, 0.3) is 0 Å². The number of phosphoric ester groups is 1. The molecule has 0 aliphatic rings. The van der Waals surface area contributed by atoms with Gasteiger partial charge in [0.2, 0.25) is 5.91 Å². The summed E-state index contributed by atoms with van der Waals surface area (Å²) < 4.78 is 25.3. The maximum absolute atomic E-state index is 12.0. The Morgan fingerprint density at radius 3 is 1.71 bits per heavy atom. The number of esters is 2. The molecule has 0 aromatic heterocycles. The summed E-state index contributed by atoms with van der Waals surface area (Å²) in [5.74, 6) is -1.02. The first kappa shape index (κ1) is 43.0. The summed E-state index contributed by atoms with van der Waals surface area (Å²) in [6.45, 7) is 3.32. The second-order valence-corrected chi connectivity index (χ2v) is 10.3. The zero-order valence-electron chi connectivity index (χ0n) is 24.1. The molecule has 0 unspecified atom stereocenters. The Bertz CT molecular complexity index is 650. The average Bonchev–Trinajstić information content (AvgIpc) is 2.80. The van der Waals surface area contributed by atoms with Gasteiger partial charge in [0.05, 0.1) is 14.4 Å². The molecule has 0 saturated carbocycles. The van der Waals surface area contributed by atoms with Gasteiger partial charge in [-0.3, -0.25) is 14.4 Å². The Morgan fingerprint density at radius 1 is 0.737 bits per heavy atom. The molecule has 0 aliphatic heterocycles. The molecule has 13 heteroatoms. The third-order valence-electron chi connectivity index (χ3n) is 5.56. The first-order valence-corrected chi connectivity index (χ1v) is 14.9. The molecule has 0 bridgehead atoms. The fraction of sp³-hybridized carbons (Fsp3) is 0.880. The van der Waals surface area contributed by atoms with E-state index in [2.05, 4.69) is 16.8 Å². The van der Waals surface area contributed by atoms with E-state index < -0.39 is 32.5 Å². The Balaban J connectivity index is -0.00000612. The van der Waals surface area contributed by atoms with Gasteiger partial charge >= 0.3 is 71.1 Å². The normalized spacial score (nSPS) is 11.6. The van der Waals surface area contributed by atoms with Gasteiger partial charge in [0, 0.05) is 26.3 Å². The second-order valence-electron chi connectivity index (χ2n) is 9.12. The largest absolute Gasteiger partial charge is 1.00 e. The number of hydrogen-bond acceptors (Lipinski definition) is 9. The van der Waals surface area contributed by atoms with Crippen LogP contribution in [0.1, 0.15) is 117 Å². The second kappa shape index (κ2) is 29.0. The number of carbonyl (C=O) groups is 3. The topological polar surface area (TPSA) is 154 Å². The monoisotopic (exact) mass is 581 g/mol. The maximum atomic E-state index is 12.0. The van der Waals surface area contributed by atoms with Crippen molar-refractivity contribution in [3.8, 4) is 0 Å². The van der Waals surface area contributed by atoms with Crippen molar-refractivity contribution in [2.24, 2.45) is 0 Å². The van der Waals surface area contributed by atoms with Crippen LogP contribution in [-0.4, -0.2) is 43.7 Å². The van der Waals surface area contributed by atoms with Crippen LogP contribution >= 0.6 is 7.82 Å². The van der Waals surface area contributed by atoms with Crippen molar-refractivity contribution in [2.75, 3.05) is 19.8 Å². The first-order valence-electron chi connectivity index (χ1n) is 13.4. The summed E-state index contributed by atoms with van der Waals surface area (Å²) in [5.41, 5.74) is 0. The molecular formula is C25H46NNa2O9P. The summed E-state index contributed by atoms with van der Waals surface area (Å²) in [5, 5.41) is 2.78. The summed E-state index contributed by atoms with van der Waals surface area (Å²) in [4.78, 5) is 56.4. The van der Waals surface area contributed by atoms with Gasteiger partial charge in [0.25, 0.3) is 0 Å². The molecule has 0 fully saturated rings. The minimum absolute atomic E-state index is 0. The van der Waals surface area contributed by atoms with Gasteiger partial charge in [-0.1, -0.05) is 77.6 Å². The molecule has 0 rings (SSSR count). The number of hydrogen-bond donors (Lipinski definition) is 1. The van der Waals surface area contributed by atoms with E-state index >= 15 is 0 Å². The van der Waals surface area contributed by atoms with Crippen LogP contribution in [-0.2, 0) is 32.9 Å². The van der Waals surface area contributed by atoms with Crippen molar-refractivity contribution < 1.29 is 102 Å². The molecule has 1 N–H and O–H groups in total. The summed E-state index contributed by atoms with van der Waals surface area (Å²) in [6.07, 6.45) is 13.1. The van der Waals surface area contributed by atoms with Gasteiger partial charge in [-0.05, 0) is 19.3 Å². The van der Waals surface area contributed by atoms with Crippen molar-refractivity contribution in [3.63, 3.8) is 0 Å². The average molecular weight is 582 g/mol. The van der Waals surface area contributed by atoms with Crippen molar-refractivity contribution in [3.05, 3.63) is 0 Å². The predicted octanol–water partition coefficient (Wildman–Crippen LogP) is -2.31. The van der Waals surface area contributed by atoms with Gasteiger partial charge in [-0.2, -0.15) is 0 Å². The molecule has 0 aromatic rings. The fourth-order valence-corrected chi connectivity index (χ4v) is 3.91. The Kier molecular flexibility index (Phi) is 32.8. The molecule has 10 nitrogen and oxygen atoms in total. The van der Waals surface area contributed by atoms with Crippen molar-refractivity contribution in [1.29, 1.82) is 0 Å².